The summed E-state index contributed by atoms with van der Waals surface area (Å²) in [6.07, 6.45) is -3.57. The van der Waals surface area contributed by atoms with E-state index in [0.29, 0.717) is 0 Å². The highest BCUT2D eigenvalue weighted by Crippen LogP contribution is 2.28. The lowest BCUT2D eigenvalue weighted by Crippen LogP contribution is -2.12. The molecule has 0 bridgehead atoms. The van der Waals surface area contributed by atoms with Crippen LogP contribution in [0, 0.1) is 0 Å². The van der Waals surface area contributed by atoms with E-state index in [0.717, 1.165) is 0 Å². The average Bonchev–Trinajstić information content (AvgIpc) is 2.17. The van der Waals surface area contributed by atoms with Gasteiger partial charge in [0.05, 0.1) is 6.10 Å². The van der Waals surface area contributed by atoms with Gasteiger partial charge in [-0.3, -0.25) is 0 Å². The van der Waals surface area contributed by atoms with Crippen LogP contribution >= 0.6 is 11.6 Å². The summed E-state index contributed by atoms with van der Waals surface area (Å²) in [5.41, 5.74) is 5.28. The van der Waals surface area contributed by atoms with Crippen LogP contribution in [0.25, 0.3) is 0 Å². The zero-order valence-corrected chi connectivity index (χ0v) is 8.01. The Morgan fingerprint density at radius 3 is 2.57 bits per heavy atom. The van der Waals surface area contributed by atoms with Gasteiger partial charge in [0.15, 0.2) is 0 Å². The molecular weight excluding hydrogens is 212 g/mol. The number of rotatable bonds is 3. The van der Waals surface area contributed by atoms with Gasteiger partial charge in [0, 0.05) is 22.7 Å². The number of hydrogen-bond acceptors (Lipinski definition) is 2. The lowest BCUT2D eigenvalue weighted by Gasteiger charge is -2.11. The van der Waals surface area contributed by atoms with Gasteiger partial charge in [-0.25, -0.2) is 8.78 Å². The number of aliphatic hydroxyl groups is 1. The molecule has 0 amide bonds. The molecule has 1 unspecified atom stereocenters. The molecule has 0 aliphatic rings. The Hall–Kier alpha value is -0.710. The van der Waals surface area contributed by atoms with Gasteiger partial charge in [-0.1, -0.05) is 17.7 Å². The van der Waals surface area contributed by atoms with Crippen LogP contribution in [-0.4, -0.2) is 11.7 Å². The Morgan fingerprint density at radius 2 is 2.07 bits per heavy atom. The Kier molecular flexibility index (Phi) is 3.80. The third-order valence-electron chi connectivity index (χ3n) is 1.85. The fourth-order valence-electron chi connectivity index (χ4n) is 1.08. The summed E-state index contributed by atoms with van der Waals surface area (Å²) in [4.78, 5) is 0. The molecule has 0 heterocycles. The van der Waals surface area contributed by atoms with Gasteiger partial charge in [-0.2, -0.15) is 0 Å². The highest BCUT2D eigenvalue weighted by molar-refractivity contribution is 6.31. The number of benzene rings is 1. The molecule has 0 aliphatic carbocycles. The molecule has 0 saturated heterocycles. The summed E-state index contributed by atoms with van der Waals surface area (Å²) in [5, 5.41) is 9.60. The zero-order chi connectivity index (χ0) is 10.7. The van der Waals surface area contributed by atoms with Crippen molar-refractivity contribution >= 4 is 11.6 Å². The van der Waals surface area contributed by atoms with Crippen molar-refractivity contribution in [3.8, 4) is 0 Å². The summed E-state index contributed by atoms with van der Waals surface area (Å²) < 4.78 is 24.6. The molecule has 0 radical (unpaired) electrons. The van der Waals surface area contributed by atoms with Crippen LogP contribution in [0.2, 0.25) is 5.02 Å². The summed E-state index contributed by atoms with van der Waals surface area (Å²) in [7, 11) is 0. The second-order valence-electron chi connectivity index (χ2n) is 2.83. The molecule has 78 valence electrons. The van der Waals surface area contributed by atoms with Gasteiger partial charge in [0.2, 0.25) is 0 Å². The molecule has 1 aromatic rings. The summed E-state index contributed by atoms with van der Waals surface area (Å²) in [6, 6.07) is 3.72. The topological polar surface area (TPSA) is 46.2 Å². The molecule has 1 rings (SSSR count). The van der Waals surface area contributed by atoms with E-state index in [-0.39, 0.29) is 22.7 Å². The van der Waals surface area contributed by atoms with Gasteiger partial charge in [0.25, 0.3) is 6.43 Å². The van der Waals surface area contributed by atoms with E-state index in [4.69, 9.17) is 17.3 Å². The number of nitrogens with two attached hydrogens (primary N) is 1. The van der Waals surface area contributed by atoms with Crippen molar-refractivity contribution in [3.05, 3.63) is 34.3 Å². The second kappa shape index (κ2) is 4.68. The van der Waals surface area contributed by atoms with Gasteiger partial charge in [-0.15, -0.1) is 0 Å². The predicted octanol–water partition coefficient (Wildman–Crippen LogP) is 2.27. The monoisotopic (exact) mass is 221 g/mol. The third kappa shape index (κ3) is 2.41. The quantitative estimate of drug-likeness (QED) is 0.823. The third-order valence-corrected chi connectivity index (χ3v) is 2.20. The number of hydrogen-bond donors (Lipinski definition) is 2. The number of alkyl halides is 2. The second-order valence-corrected chi connectivity index (χ2v) is 3.24. The van der Waals surface area contributed by atoms with Crippen LogP contribution in [0.3, 0.4) is 0 Å². The van der Waals surface area contributed by atoms with Gasteiger partial charge < -0.3 is 10.8 Å². The minimum absolute atomic E-state index is 0.0492. The maximum Gasteiger partial charge on any atom is 0.263 e. The summed E-state index contributed by atoms with van der Waals surface area (Å²) in [6.45, 7) is -0.0492. The van der Waals surface area contributed by atoms with E-state index in [1.807, 2.05) is 0 Å². The maximum atomic E-state index is 12.3. The average molecular weight is 222 g/mol. The van der Waals surface area contributed by atoms with Crippen LogP contribution in [0.5, 0.6) is 0 Å². The molecular formula is C9H10ClF2NO. The fraction of sp³-hybridized carbons (Fsp3) is 0.333. The van der Waals surface area contributed by atoms with Crippen LogP contribution < -0.4 is 5.73 Å². The zero-order valence-electron chi connectivity index (χ0n) is 7.25. The summed E-state index contributed by atoms with van der Waals surface area (Å²) in [5.74, 6) is 0. The van der Waals surface area contributed by atoms with Gasteiger partial charge in [0.1, 0.15) is 0 Å². The van der Waals surface area contributed by atoms with E-state index in [9.17, 15) is 13.9 Å². The lowest BCUT2D eigenvalue weighted by molar-refractivity contribution is 0.150. The SMILES string of the molecule is NCC(O)c1cc(C(F)F)ccc1Cl. The number of aliphatic hydroxyl groups excluding tert-OH is 1. The molecule has 0 aliphatic heterocycles. The molecule has 0 saturated carbocycles. The van der Waals surface area contributed by atoms with E-state index in [2.05, 4.69) is 0 Å². The fourth-order valence-corrected chi connectivity index (χ4v) is 1.32. The first kappa shape index (κ1) is 11.4. The van der Waals surface area contributed by atoms with Crippen molar-refractivity contribution < 1.29 is 13.9 Å². The van der Waals surface area contributed by atoms with Crippen LogP contribution in [0.15, 0.2) is 18.2 Å². The van der Waals surface area contributed by atoms with E-state index in [1.54, 1.807) is 0 Å². The summed E-state index contributed by atoms with van der Waals surface area (Å²) >= 11 is 5.71. The maximum absolute atomic E-state index is 12.3. The molecule has 3 N–H and O–H groups in total. The minimum Gasteiger partial charge on any atom is -0.387 e. The van der Waals surface area contributed by atoms with E-state index >= 15 is 0 Å². The molecule has 1 aromatic carbocycles. The van der Waals surface area contributed by atoms with Crippen molar-refractivity contribution in [3.63, 3.8) is 0 Å². The molecule has 0 fully saturated rings. The van der Waals surface area contributed by atoms with Crippen LogP contribution in [-0.2, 0) is 0 Å². The standard InChI is InChI=1S/C9H10ClF2NO/c10-7-2-1-5(9(11)12)3-6(7)8(14)4-13/h1-3,8-9,14H,4,13H2. The molecule has 0 spiro atoms. The molecule has 0 aromatic heterocycles. The predicted molar refractivity (Wildman–Crippen MR) is 50.4 cm³/mol. The van der Waals surface area contributed by atoms with Gasteiger partial charge >= 0.3 is 0 Å². The lowest BCUT2D eigenvalue weighted by atomic mass is 10.1. The minimum atomic E-state index is -2.57. The Bertz CT molecular complexity index is 320. The highest BCUT2D eigenvalue weighted by Gasteiger charge is 2.14. The first-order valence-corrected chi connectivity index (χ1v) is 4.39. The Labute approximate surface area is 85.3 Å². The van der Waals surface area contributed by atoms with Crippen molar-refractivity contribution in [2.24, 2.45) is 5.73 Å². The number of halogens is 3. The first-order chi connectivity index (χ1) is 6.56. The molecule has 2 nitrogen and oxygen atoms in total. The van der Waals surface area contributed by atoms with Crippen molar-refractivity contribution in [1.29, 1.82) is 0 Å². The van der Waals surface area contributed by atoms with Gasteiger partial charge in [-0.05, 0) is 12.1 Å². The van der Waals surface area contributed by atoms with E-state index < -0.39 is 12.5 Å². The molecule has 5 heteroatoms. The van der Waals surface area contributed by atoms with Crippen molar-refractivity contribution in [2.45, 2.75) is 12.5 Å². The van der Waals surface area contributed by atoms with E-state index in [1.165, 1.54) is 18.2 Å². The normalized spacial score (nSPS) is 13.3. The van der Waals surface area contributed by atoms with Crippen LogP contribution in [0.4, 0.5) is 8.78 Å². The smallest absolute Gasteiger partial charge is 0.263 e. The van der Waals surface area contributed by atoms with Crippen molar-refractivity contribution in [1.82, 2.24) is 0 Å². The van der Waals surface area contributed by atoms with Crippen LogP contribution in [0.1, 0.15) is 23.7 Å². The molecule has 14 heavy (non-hydrogen) atoms. The Morgan fingerprint density at radius 1 is 1.43 bits per heavy atom. The largest absolute Gasteiger partial charge is 0.387 e. The Balaban J connectivity index is 3.08. The molecule has 1 atom stereocenters. The highest BCUT2D eigenvalue weighted by atomic mass is 35.5. The first-order valence-electron chi connectivity index (χ1n) is 4.02. The van der Waals surface area contributed by atoms with Crippen molar-refractivity contribution in [2.75, 3.05) is 6.54 Å².